The van der Waals surface area contributed by atoms with E-state index in [-0.39, 0.29) is 22.4 Å². The van der Waals surface area contributed by atoms with Crippen molar-refractivity contribution < 1.29 is 86.1 Å². The minimum atomic E-state index is -3.14. The molecule has 3 heterocycles. The van der Waals surface area contributed by atoms with E-state index >= 15 is 0 Å². The van der Waals surface area contributed by atoms with Gasteiger partial charge in [0, 0.05) is 39.8 Å². The number of benzene rings is 2. The number of hydrogen-bond donors (Lipinski definition) is 1. The fourth-order valence-electron chi connectivity index (χ4n) is 10.1. The number of ether oxygens (including phenoxy) is 9. The van der Waals surface area contributed by atoms with Crippen molar-refractivity contribution in [2.45, 2.75) is 120 Å². The molecule has 4 bridgehead atoms. The number of rotatable bonds is 8. The van der Waals surface area contributed by atoms with Gasteiger partial charge >= 0.3 is 47.8 Å². The van der Waals surface area contributed by atoms with E-state index < -0.39 is 131 Å². The Bertz CT molecular complexity index is 2440. The van der Waals surface area contributed by atoms with Crippen molar-refractivity contribution in [3.8, 4) is 0 Å². The first kappa shape index (κ1) is 47.2. The molecule has 1 N–H and O–H groups in total. The predicted octanol–water partition coefficient (Wildman–Crippen LogP) is 3.37. The molecule has 2 aliphatic heterocycles. The van der Waals surface area contributed by atoms with Gasteiger partial charge in [-0.05, 0) is 50.2 Å². The SMILES string of the molecule is CC(=O)OC1C2C(OC(=O)c3ccccc3)C34OC2(C)COC(=O)c2cccnc2C(C)C(C)C(=O)OC(C(OC(C)=O)C(OC(=O)c2ccccc2)C3(OC(C)=O)C1OC(C)=O)C4(C)O. The smallest absolute Gasteiger partial charge is 0.340 e. The van der Waals surface area contributed by atoms with Gasteiger partial charge in [0.1, 0.15) is 23.9 Å². The first-order chi connectivity index (χ1) is 31.1. The molecule has 3 fully saturated rings. The van der Waals surface area contributed by atoms with Crippen LogP contribution < -0.4 is 0 Å². The van der Waals surface area contributed by atoms with Crippen molar-refractivity contribution in [2.24, 2.45) is 11.8 Å². The summed E-state index contributed by atoms with van der Waals surface area (Å²) < 4.78 is 56.4. The quantitative estimate of drug-likeness (QED) is 0.251. The van der Waals surface area contributed by atoms with Crippen molar-refractivity contribution in [3.63, 3.8) is 0 Å². The number of hydrogen-bond acceptors (Lipinski definition) is 19. The zero-order valence-electron chi connectivity index (χ0n) is 37.2. The van der Waals surface area contributed by atoms with Gasteiger partial charge in [-0.3, -0.25) is 29.0 Å². The van der Waals surface area contributed by atoms with Crippen LogP contribution in [0.1, 0.15) is 98.1 Å². The zero-order chi connectivity index (χ0) is 48.1. The maximum Gasteiger partial charge on any atom is 0.340 e. The van der Waals surface area contributed by atoms with Crippen LogP contribution in [0.5, 0.6) is 0 Å². The average molecular weight is 916 g/mol. The first-order valence-electron chi connectivity index (χ1n) is 21.1. The monoisotopic (exact) mass is 915 g/mol. The summed E-state index contributed by atoms with van der Waals surface area (Å²) in [5.74, 6) is -12.7. The molecular weight excluding hydrogens is 867 g/mol. The average Bonchev–Trinajstić information content (AvgIpc) is 3.50. The number of fused-ring (bicyclic) bond motifs is 5. The van der Waals surface area contributed by atoms with Crippen LogP contribution in [-0.2, 0) is 66.6 Å². The van der Waals surface area contributed by atoms with Crippen molar-refractivity contribution in [1.29, 1.82) is 0 Å². The summed E-state index contributed by atoms with van der Waals surface area (Å²) in [6, 6.07) is 17.6. The standard InChI is InChI=1S/C47H49NO18/c1-23-24(2)40(53)63-37-35(60-26(4)50)39(64-42(55)30-18-13-10-14-19-30)46(65-28(6)52)38(61-27(5)51)34(59-25(3)49)32-36(62-41(54)29-16-11-9-12-17-29)47(46,45(37,8)57)66-44(32,7)22-58-43(56)31-20-15-21-48-33(23)31/h9-21,23-24,32,34-39,57H,22H2,1-8H3. The van der Waals surface area contributed by atoms with Gasteiger partial charge in [0.05, 0.1) is 34.2 Å². The Hall–Kier alpha value is -6.73. The Morgan fingerprint density at radius 1 is 0.667 bits per heavy atom. The molecule has 4 aliphatic rings. The number of aliphatic hydroxyl groups is 1. The Balaban J connectivity index is 1.65. The molecule has 19 heteroatoms. The molecule has 7 rings (SSSR count). The molecule has 19 nitrogen and oxygen atoms in total. The van der Waals surface area contributed by atoms with Crippen LogP contribution in [0.3, 0.4) is 0 Å². The highest BCUT2D eigenvalue weighted by atomic mass is 16.7. The van der Waals surface area contributed by atoms with Crippen LogP contribution in [0.2, 0.25) is 0 Å². The third kappa shape index (κ3) is 7.72. The van der Waals surface area contributed by atoms with Gasteiger partial charge < -0.3 is 47.7 Å². The van der Waals surface area contributed by atoms with Gasteiger partial charge in [0.25, 0.3) is 0 Å². The van der Waals surface area contributed by atoms with Crippen LogP contribution in [-0.4, -0.2) is 123 Å². The number of pyridine rings is 1. The van der Waals surface area contributed by atoms with Gasteiger partial charge in [0.2, 0.25) is 5.60 Å². The van der Waals surface area contributed by atoms with E-state index in [4.69, 9.17) is 42.6 Å². The molecular formula is C47H49NO18. The molecule has 13 atom stereocenters. The van der Waals surface area contributed by atoms with E-state index in [1.807, 2.05) is 0 Å². The molecule has 350 valence electrons. The van der Waals surface area contributed by atoms with Crippen LogP contribution in [0, 0.1) is 11.8 Å². The summed E-state index contributed by atoms with van der Waals surface area (Å²) in [4.78, 5) is 117. The van der Waals surface area contributed by atoms with Crippen molar-refractivity contribution in [2.75, 3.05) is 6.61 Å². The summed E-state index contributed by atoms with van der Waals surface area (Å²) in [6.07, 6.45) is -11.8. The van der Waals surface area contributed by atoms with E-state index in [0.29, 0.717) is 0 Å². The predicted molar refractivity (Wildman–Crippen MR) is 221 cm³/mol. The van der Waals surface area contributed by atoms with E-state index in [1.165, 1.54) is 80.7 Å². The first-order valence-corrected chi connectivity index (χ1v) is 21.1. The van der Waals surface area contributed by atoms with Crippen LogP contribution in [0.4, 0.5) is 0 Å². The van der Waals surface area contributed by atoms with Gasteiger partial charge in [-0.2, -0.15) is 0 Å². The maximum atomic E-state index is 14.7. The number of aromatic nitrogens is 1. The van der Waals surface area contributed by atoms with Gasteiger partial charge in [-0.1, -0.05) is 50.2 Å². The van der Waals surface area contributed by atoms with Gasteiger partial charge in [0.15, 0.2) is 36.1 Å². The Kier molecular flexibility index (Phi) is 12.6. The summed E-state index contributed by atoms with van der Waals surface area (Å²) >= 11 is 0. The normalized spacial score (nSPS) is 34.5. The third-order valence-electron chi connectivity index (χ3n) is 12.8. The summed E-state index contributed by atoms with van der Waals surface area (Å²) in [5, 5.41) is 13.8. The van der Waals surface area contributed by atoms with Crippen molar-refractivity contribution in [3.05, 3.63) is 101 Å². The topological polar surface area (TPSA) is 253 Å². The molecule has 1 saturated heterocycles. The minimum Gasteiger partial charge on any atom is -0.459 e. The number of carbonyl (C=O) groups is 8. The number of cyclic esters (lactones) is 1. The Morgan fingerprint density at radius 3 is 1.74 bits per heavy atom. The highest BCUT2D eigenvalue weighted by Crippen LogP contribution is 2.68. The van der Waals surface area contributed by atoms with Gasteiger partial charge in [-0.15, -0.1) is 0 Å². The van der Waals surface area contributed by atoms with E-state index in [9.17, 15) is 43.5 Å². The second-order valence-electron chi connectivity index (χ2n) is 17.2. The molecule has 2 aromatic carbocycles. The fourth-order valence-corrected chi connectivity index (χ4v) is 10.1. The lowest BCUT2D eigenvalue weighted by Gasteiger charge is -2.66. The lowest BCUT2D eigenvalue weighted by molar-refractivity contribution is -0.395. The third-order valence-corrected chi connectivity index (χ3v) is 12.8. The molecule has 13 unspecified atom stereocenters. The van der Waals surface area contributed by atoms with Crippen LogP contribution in [0.25, 0.3) is 0 Å². The summed E-state index contributed by atoms with van der Waals surface area (Å²) in [7, 11) is 0. The lowest BCUT2D eigenvalue weighted by Crippen LogP contribution is -2.92. The van der Waals surface area contributed by atoms with Crippen molar-refractivity contribution >= 4 is 47.8 Å². The number of carbonyl (C=O) groups excluding carboxylic acids is 8. The van der Waals surface area contributed by atoms with Gasteiger partial charge in [-0.25, -0.2) is 14.4 Å². The molecule has 0 radical (unpaired) electrons. The van der Waals surface area contributed by atoms with E-state index in [0.717, 1.165) is 34.6 Å². The highest BCUT2D eigenvalue weighted by Gasteiger charge is 2.93. The zero-order valence-corrected chi connectivity index (χ0v) is 37.2. The van der Waals surface area contributed by atoms with Crippen LogP contribution >= 0.6 is 0 Å². The maximum absolute atomic E-state index is 14.7. The number of esters is 8. The Morgan fingerprint density at radius 2 is 1.20 bits per heavy atom. The molecule has 2 aliphatic carbocycles. The molecule has 1 spiro atoms. The molecule has 3 aromatic rings. The summed E-state index contributed by atoms with van der Waals surface area (Å²) in [6.45, 7) is 8.40. The number of nitrogens with zero attached hydrogens (tertiary/aromatic N) is 1. The second-order valence-corrected chi connectivity index (χ2v) is 17.2. The second kappa shape index (κ2) is 17.6. The molecule has 0 amide bonds. The lowest BCUT2D eigenvalue weighted by atomic mass is 9.49. The van der Waals surface area contributed by atoms with Crippen molar-refractivity contribution in [1.82, 2.24) is 4.98 Å². The molecule has 1 aromatic heterocycles. The molecule has 66 heavy (non-hydrogen) atoms. The highest BCUT2D eigenvalue weighted by molar-refractivity contribution is 5.92. The van der Waals surface area contributed by atoms with Crippen LogP contribution in [0.15, 0.2) is 79.0 Å². The van der Waals surface area contributed by atoms with E-state index in [2.05, 4.69) is 4.98 Å². The Labute approximate surface area is 378 Å². The molecule has 2 saturated carbocycles. The van der Waals surface area contributed by atoms with E-state index in [1.54, 1.807) is 19.1 Å². The minimum absolute atomic E-state index is 0.0632. The largest absolute Gasteiger partial charge is 0.459 e. The fraction of sp³-hybridized carbons (Fsp3) is 0.468. The summed E-state index contributed by atoms with van der Waals surface area (Å²) in [5.41, 5.74) is -11.5.